The van der Waals surface area contributed by atoms with Crippen molar-refractivity contribution in [2.75, 3.05) is 14.2 Å². The molecule has 0 amide bonds. The van der Waals surface area contributed by atoms with E-state index in [1.165, 1.54) is 26.4 Å². The Morgan fingerprint density at radius 1 is 1.27 bits per heavy atom. The van der Waals surface area contributed by atoms with Gasteiger partial charge in [-0.1, -0.05) is 0 Å². The summed E-state index contributed by atoms with van der Waals surface area (Å²) >= 11 is 0. The maximum atomic E-state index is 10.4. The topological polar surface area (TPSA) is 61.6 Å². The molecule has 0 spiro atoms. The SMILES string of the molecule is COC(=Cc1ccc([N+](=O)[O-])cc1)OC. The molecule has 1 rings (SSSR count). The maximum absolute atomic E-state index is 10.4. The number of non-ortho nitro benzene ring substituents is 1. The predicted molar refractivity (Wildman–Crippen MR) is 55.1 cm³/mol. The van der Waals surface area contributed by atoms with Crippen LogP contribution in [0.25, 0.3) is 6.08 Å². The number of nitrogens with zero attached hydrogens (tertiary/aromatic N) is 1. The fraction of sp³-hybridized carbons (Fsp3) is 0.200. The van der Waals surface area contributed by atoms with E-state index in [0.29, 0.717) is 5.95 Å². The normalized spacial score (nSPS) is 9.20. The molecule has 5 nitrogen and oxygen atoms in total. The molecule has 1 aromatic rings. The molecule has 0 aliphatic heterocycles. The predicted octanol–water partition coefficient (Wildman–Crippen LogP) is 2.19. The van der Waals surface area contributed by atoms with Gasteiger partial charge in [0.05, 0.1) is 19.1 Å². The minimum atomic E-state index is -0.443. The second-order valence-electron chi connectivity index (χ2n) is 2.72. The third-order valence-electron chi connectivity index (χ3n) is 1.79. The highest BCUT2D eigenvalue weighted by Crippen LogP contribution is 2.14. The molecular formula is C10H11NO4. The van der Waals surface area contributed by atoms with Gasteiger partial charge in [-0.2, -0.15) is 0 Å². The Balaban J connectivity index is 2.89. The Morgan fingerprint density at radius 2 is 1.80 bits per heavy atom. The lowest BCUT2D eigenvalue weighted by Crippen LogP contribution is -1.90. The summed E-state index contributed by atoms with van der Waals surface area (Å²) in [5.41, 5.74) is 0.836. The molecule has 0 fully saturated rings. The minimum Gasteiger partial charge on any atom is -0.469 e. The zero-order valence-corrected chi connectivity index (χ0v) is 8.47. The lowest BCUT2D eigenvalue weighted by molar-refractivity contribution is -0.384. The standard InChI is InChI=1S/C10H11NO4/c1-14-10(15-2)7-8-3-5-9(6-4-8)11(12)13/h3-7H,1-2H3. The second-order valence-corrected chi connectivity index (χ2v) is 2.72. The van der Waals surface area contributed by atoms with Gasteiger partial charge in [0.15, 0.2) is 0 Å². The van der Waals surface area contributed by atoms with Crippen molar-refractivity contribution in [1.29, 1.82) is 0 Å². The average molecular weight is 209 g/mol. The van der Waals surface area contributed by atoms with Crippen molar-refractivity contribution in [3.63, 3.8) is 0 Å². The van der Waals surface area contributed by atoms with Gasteiger partial charge in [0.25, 0.3) is 11.6 Å². The molecule has 0 unspecified atom stereocenters. The van der Waals surface area contributed by atoms with E-state index >= 15 is 0 Å². The Hall–Kier alpha value is -2.04. The second kappa shape index (κ2) is 4.99. The maximum Gasteiger partial charge on any atom is 0.279 e. The molecule has 0 N–H and O–H groups in total. The number of benzene rings is 1. The van der Waals surface area contributed by atoms with Crippen LogP contribution in [0.1, 0.15) is 5.56 Å². The number of ether oxygens (including phenoxy) is 2. The van der Waals surface area contributed by atoms with Crippen molar-refractivity contribution < 1.29 is 14.4 Å². The first-order chi connectivity index (χ1) is 7.17. The monoisotopic (exact) mass is 209 g/mol. The van der Waals surface area contributed by atoms with Crippen LogP contribution >= 0.6 is 0 Å². The molecule has 0 atom stereocenters. The van der Waals surface area contributed by atoms with Crippen molar-refractivity contribution in [3.05, 3.63) is 45.9 Å². The van der Waals surface area contributed by atoms with Crippen molar-refractivity contribution in [2.45, 2.75) is 0 Å². The molecule has 0 aliphatic rings. The van der Waals surface area contributed by atoms with E-state index in [0.717, 1.165) is 5.56 Å². The summed E-state index contributed by atoms with van der Waals surface area (Å²) in [5.74, 6) is 0.351. The van der Waals surface area contributed by atoms with Gasteiger partial charge in [-0.15, -0.1) is 0 Å². The molecule has 80 valence electrons. The van der Waals surface area contributed by atoms with Gasteiger partial charge in [-0.25, -0.2) is 0 Å². The van der Waals surface area contributed by atoms with Crippen molar-refractivity contribution >= 4 is 11.8 Å². The van der Waals surface area contributed by atoms with Gasteiger partial charge >= 0.3 is 0 Å². The Kier molecular flexibility index (Phi) is 3.68. The fourth-order valence-electron chi connectivity index (χ4n) is 1.03. The van der Waals surface area contributed by atoms with Gasteiger partial charge in [0.1, 0.15) is 0 Å². The lowest BCUT2D eigenvalue weighted by Gasteiger charge is -2.02. The van der Waals surface area contributed by atoms with Crippen LogP contribution in [0, 0.1) is 10.1 Å². The Bertz CT molecular complexity index is 364. The zero-order valence-electron chi connectivity index (χ0n) is 8.47. The van der Waals surface area contributed by atoms with E-state index in [1.54, 1.807) is 18.2 Å². The molecule has 0 heterocycles. The van der Waals surface area contributed by atoms with E-state index in [2.05, 4.69) is 0 Å². The molecule has 0 aliphatic carbocycles. The number of nitro groups is 1. The van der Waals surface area contributed by atoms with E-state index in [-0.39, 0.29) is 5.69 Å². The summed E-state index contributed by atoms with van der Waals surface area (Å²) in [6.07, 6.45) is 1.64. The molecule has 0 bridgehead atoms. The van der Waals surface area contributed by atoms with Gasteiger partial charge in [-0.05, 0) is 17.7 Å². The van der Waals surface area contributed by atoms with Gasteiger partial charge in [-0.3, -0.25) is 10.1 Å². The third-order valence-corrected chi connectivity index (χ3v) is 1.79. The van der Waals surface area contributed by atoms with Crippen LogP contribution in [0.3, 0.4) is 0 Å². The summed E-state index contributed by atoms with van der Waals surface area (Å²) in [5, 5.41) is 10.4. The molecule has 0 saturated heterocycles. The quantitative estimate of drug-likeness (QED) is 0.433. The molecule has 0 saturated carbocycles. The van der Waals surface area contributed by atoms with Crippen LogP contribution in [0.4, 0.5) is 5.69 Å². The van der Waals surface area contributed by atoms with Crippen molar-refractivity contribution in [2.24, 2.45) is 0 Å². The smallest absolute Gasteiger partial charge is 0.279 e. The van der Waals surface area contributed by atoms with Gasteiger partial charge < -0.3 is 9.47 Å². The highest BCUT2D eigenvalue weighted by molar-refractivity contribution is 5.52. The van der Waals surface area contributed by atoms with Gasteiger partial charge in [0, 0.05) is 18.2 Å². The van der Waals surface area contributed by atoms with Crippen LogP contribution in [0.5, 0.6) is 0 Å². The van der Waals surface area contributed by atoms with Gasteiger partial charge in [0.2, 0.25) is 0 Å². The molecule has 15 heavy (non-hydrogen) atoms. The number of nitro benzene ring substituents is 1. The number of methoxy groups -OCH3 is 2. The Morgan fingerprint density at radius 3 is 2.20 bits per heavy atom. The summed E-state index contributed by atoms with van der Waals surface area (Å²) in [7, 11) is 2.97. The van der Waals surface area contributed by atoms with Crippen LogP contribution in [-0.4, -0.2) is 19.1 Å². The zero-order chi connectivity index (χ0) is 11.3. The van der Waals surface area contributed by atoms with Crippen LogP contribution in [-0.2, 0) is 9.47 Å². The molecule has 0 radical (unpaired) electrons. The van der Waals surface area contributed by atoms with E-state index < -0.39 is 4.92 Å². The lowest BCUT2D eigenvalue weighted by atomic mass is 10.2. The number of hydrogen-bond acceptors (Lipinski definition) is 4. The minimum absolute atomic E-state index is 0.0588. The first-order valence-corrected chi connectivity index (χ1v) is 4.21. The highest BCUT2D eigenvalue weighted by atomic mass is 16.7. The summed E-state index contributed by atoms with van der Waals surface area (Å²) in [6.45, 7) is 0. The van der Waals surface area contributed by atoms with Crippen molar-refractivity contribution in [1.82, 2.24) is 0 Å². The average Bonchev–Trinajstić information content (AvgIpc) is 2.26. The largest absolute Gasteiger partial charge is 0.469 e. The Labute approximate surface area is 87.1 Å². The van der Waals surface area contributed by atoms with E-state index in [9.17, 15) is 10.1 Å². The number of rotatable bonds is 4. The number of hydrogen-bond donors (Lipinski definition) is 0. The fourth-order valence-corrected chi connectivity index (χ4v) is 1.03. The first-order valence-electron chi connectivity index (χ1n) is 4.21. The highest BCUT2D eigenvalue weighted by Gasteiger charge is 2.03. The third kappa shape index (κ3) is 2.98. The van der Waals surface area contributed by atoms with Crippen LogP contribution < -0.4 is 0 Å². The van der Waals surface area contributed by atoms with Crippen LogP contribution in [0.15, 0.2) is 30.2 Å². The molecule has 5 heteroatoms. The molecular weight excluding hydrogens is 198 g/mol. The van der Waals surface area contributed by atoms with E-state index in [1.807, 2.05) is 0 Å². The summed E-state index contributed by atoms with van der Waals surface area (Å²) in [6, 6.07) is 6.09. The molecule has 0 aromatic heterocycles. The van der Waals surface area contributed by atoms with E-state index in [4.69, 9.17) is 9.47 Å². The molecule has 1 aromatic carbocycles. The van der Waals surface area contributed by atoms with Crippen molar-refractivity contribution in [3.8, 4) is 0 Å². The summed E-state index contributed by atoms with van der Waals surface area (Å²) in [4.78, 5) is 9.94. The summed E-state index contributed by atoms with van der Waals surface area (Å²) < 4.78 is 9.77. The van der Waals surface area contributed by atoms with Crippen LogP contribution in [0.2, 0.25) is 0 Å². The first kappa shape index (κ1) is 11.0.